The highest BCUT2D eigenvalue weighted by atomic mass is 16.2. The Labute approximate surface area is 109 Å². The van der Waals surface area contributed by atoms with Gasteiger partial charge in [-0.3, -0.25) is 9.59 Å². The number of carbonyl (C=O) groups is 2. The fraction of sp³-hybridized carbons (Fsp3) is 0.846. The third kappa shape index (κ3) is 6.00. The van der Waals surface area contributed by atoms with Crippen LogP contribution in [0, 0.1) is 11.8 Å². The van der Waals surface area contributed by atoms with E-state index >= 15 is 0 Å². The van der Waals surface area contributed by atoms with Crippen molar-refractivity contribution in [2.24, 2.45) is 17.6 Å². The van der Waals surface area contributed by atoms with Crippen molar-refractivity contribution in [2.45, 2.75) is 32.6 Å². The second kappa shape index (κ2) is 7.36. The number of nitrogens with two attached hydrogens (primary N) is 1. The highest BCUT2D eigenvalue weighted by molar-refractivity contribution is 5.78. The Morgan fingerprint density at radius 3 is 2.50 bits per heavy atom. The molecule has 0 saturated carbocycles. The normalized spacial score (nSPS) is 19.4. The van der Waals surface area contributed by atoms with Gasteiger partial charge in [0.05, 0.1) is 0 Å². The first-order valence-electron chi connectivity index (χ1n) is 6.71. The van der Waals surface area contributed by atoms with Gasteiger partial charge in [0.15, 0.2) is 0 Å². The van der Waals surface area contributed by atoms with E-state index in [1.807, 2.05) is 6.92 Å². The van der Waals surface area contributed by atoms with E-state index in [0.29, 0.717) is 12.3 Å². The van der Waals surface area contributed by atoms with Crippen LogP contribution < -0.4 is 11.1 Å². The van der Waals surface area contributed by atoms with Gasteiger partial charge in [-0.2, -0.15) is 0 Å². The summed E-state index contributed by atoms with van der Waals surface area (Å²) in [6.45, 7) is 4.85. The number of primary amides is 1. The molecule has 1 aliphatic heterocycles. The molecule has 0 bridgehead atoms. The molecule has 0 aliphatic carbocycles. The van der Waals surface area contributed by atoms with E-state index in [1.54, 1.807) is 0 Å². The summed E-state index contributed by atoms with van der Waals surface area (Å²) in [6.07, 6.45) is 2.96. The average molecular weight is 255 g/mol. The third-order valence-corrected chi connectivity index (χ3v) is 3.51. The summed E-state index contributed by atoms with van der Waals surface area (Å²) in [4.78, 5) is 24.7. The lowest BCUT2D eigenvalue weighted by Crippen LogP contribution is -2.37. The zero-order valence-corrected chi connectivity index (χ0v) is 11.4. The van der Waals surface area contributed by atoms with Gasteiger partial charge in [-0.15, -0.1) is 0 Å². The minimum absolute atomic E-state index is 0.0278. The summed E-state index contributed by atoms with van der Waals surface area (Å²) in [5, 5.41) is 2.96. The van der Waals surface area contributed by atoms with Crippen LogP contribution in [0.5, 0.6) is 0 Å². The van der Waals surface area contributed by atoms with Crippen LogP contribution in [-0.4, -0.2) is 43.4 Å². The van der Waals surface area contributed by atoms with Gasteiger partial charge >= 0.3 is 0 Å². The molecule has 0 aromatic rings. The second-order valence-electron chi connectivity index (χ2n) is 5.53. The summed E-state index contributed by atoms with van der Waals surface area (Å²) in [6, 6.07) is 0. The lowest BCUT2D eigenvalue weighted by Gasteiger charge is -2.29. The predicted molar refractivity (Wildman–Crippen MR) is 70.8 cm³/mol. The maximum absolute atomic E-state index is 11.7. The van der Waals surface area contributed by atoms with E-state index in [-0.39, 0.29) is 24.2 Å². The van der Waals surface area contributed by atoms with E-state index in [1.165, 1.54) is 0 Å². The standard InChI is InChI=1S/C13H25N3O2/c1-10(7-12(14)17)8-13(18)15-9-11-3-5-16(2)6-4-11/h10-11H,3-9H2,1-2H3,(H2,14,17)(H,15,18)/t10-/m1/s1. The largest absolute Gasteiger partial charge is 0.370 e. The Balaban J connectivity index is 2.15. The van der Waals surface area contributed by atoms with Gasteiger partial charge in [0.2, 0.25) is 11.8 Å². The van der Waals surface area contributed by atoms with E-state index in [4.69, 9.17) is 5.73 Å². The molecule has 104 valence electrons. The number of likely N-dealkylation sites (tertiary alicyclic amines) is 1. The molecule has 5 heteroatoms. The minimum Gasteiger partial charge on any atom is -0.370 e. The summed E-state index contributed by atoms with van der Waals surface area (Å²) in [7, 11) is 2.13. The van der Waals surface area contributed by atoms with Crippen LogP contribution >= 0.6 is 0 Å². The van der Waals surface area contributed by atoms with Gasteiger partial charge in [0.1, 0.15) is 0 Å². The molecule has 18 heavy (non-hydrogen) atoms. The maximum Gasteiger partial charge on any atom is 0.220 e. The van der Waals surface area contributed by atoms with Gasteiger partial charge in [-0.1, -0.05) is 6.92 Å². The lowest BCUT2D eigenvalue weighted by atomic mass is 9.97. The van der Waals surface area contributed by atoms with Crippen LogP contribution in [0.2, 0.25) is 0 Å². The number of piperidine rings is 1. The van der Waals surface area contributed by atoms with Crippen molar-refractivity contribution in [1.82, 2.24) is 10.2 Å². The Morgan fingerprint density at radius 1 is 1.33 bits per heavy atom. The van der Waals surface area contributed by atoms with Gasteiger partial charge < -0.3 is 16.0 Å². The first-order chi connectivity index (χ1) is 8.47. The molecule has 0 unspecified atom stereocenters. The van der Waals surface area contributed by atoms with Gasteiger partial charge in [-0.25, -0.2) is 0 Å². The van der Waals surface area contributed by atoms with Crippen LogP contribution in [0.3, 0.4) is 0 Å². The summed E-state index contributed by atoms with van der Waals surface area (Å²) < 4.78 is 0. The first kappa shape index (κ1) is 15.0. The Bertz CT molecular complexity index is 286. The molecule has 1 rings (SSSR count). The zero-order valence-electron chi connectivity index (χ0n) is 11.4. The molecular weight excluding hydrogens is 230 g/mol. The lowest BCUT2D eigenvalue weighted by molar-refractivity contribution is -0.122. The number of hydrogen-bond donors (Lipinski definition) is 2. The van der Waals surface area contributed by atoms with E-state index in [9.17, 15) is 9.59 Å². The predicted octanol–water partition coefficient (Wildman–Crippen LogP) is 0.346. The summed E-state index contributed by atoms with van der Waals surface area (Å²) in [5.41, 5.74) is 5.10. The van der Waals surface area contributed by atoms with Crippen molar-refractivity contribution < 1.29 is 9.59 Å². The summed E-state index contributed by atoms with van der Waals surface area (Å²) >= 11 is 0. The van der Waals surface area contributed by atoms with Crippen LogP contribution in [0.4, 0.5) is 0 Å². The molecule has 1 saturated heterocycles. The smallest absolute Gasteiger partial charge is 0.220 e. The molecule has 1 heterocycles. The Hall–Kier alpha value is -1.10. The van der Waals surface area contributed by atoms with Gasteiger partial charge in [0, 0.05) is 19.4 Å². The quantitative estimate of drug-likeness (QED) is 0.719. The monoisotopic (exact) mass is 255 g/mol. The molecule has 1 atom stereocenters. The third-order valence-electron chi connectivity index (χ3n) is 3.51. The first-order valence-corrected chi connectivity index (χ1v) is 6.71. The van der Waals surface area contributed by atoms with Crippen molar-refractivity contribution in [3.05, 3.63) is 0 Å². The van der Waals surface area contributed by atoms with Crippen LogP contribution in [-0.2, 0) is 9.59 Å². The molecule has 0 radical (unpaired) electrons. The Kier molecular flexibility index (Phi) is 6.12. The molecule has 0 spiro atoms. The molecule has 3 N–H and O–H groups in total. The number of amides is 2. The number of rotatable bonds is 6. The highest BCUT2D eigenvalue weighted by Crippen LogP contribution is 2.15. The van der Waals surface area contributed by atoms with Crippen LogP contribution in [0.25, 0.3) is 0 Å². The summed E-state index contributed by atoms with van der Waals surface area (Å²) in [5.74, 6) is 0.310. The molecule has 0 aromatic carbocycles. The topological polar surface area (TPSA) is 75.4 Å². The van der Waals surface area contributed by atoms with Crippen molar-refractivity contribution in [3.8, 4) is 0 Å². The van der Waals surface area contributed by atoms with Gasteiger partial charge in [0.25, 0.3) is 0 Å². The zero-order chi connectivity index (χ0) is 13.5. The van der Waals surface area contributed by atoms with Crippen LogP contribution in [0.15, 0.2) is 0 Å². The van der Waals surface area contributed by atoms with Crippen molar-refractivity contribution in [2.75, 3.05) is 26.7 Å². The number of nitrogens with zero attached hydrogens (tertiary/aromatic N) is 1. The molecular formula is C13H25N3O2. The highest BCUT2D eigenvalue weighted by Gasteiger charge is 2.18. The second-order valence-corrected chi connectivity index (χ2v) is 5.53. The number of nitrogens with one attached hydrogen (secondary N) is 1. The fourth-order valence-corrected chi connectivity index (χ4v) is 2.33. The number of carbonyl (C=O) groups excluding carboxylic acids is 2. The van der Waals surface area contributed by atoms with Crippen molar-refractivity contribution in [3.63, 3.8) is 0 Å². The van der Waals surface area contributed by atoms with E-state index in [0.717, 1.165) is 32.5 Å². The molecule has 1 fully saturated rings. The van der Waals surface area contributed by atoms with E-state index < -0.39 is 0 Å². The van der Waals surface area contributed by atoms with E-state index in [2.05, 4.69) is 17.3 Å². The van der Waals surface area contributed by atoms with Gasteiger partial charge in [-0.05, 0) is 44.8 Å². The molecule has 5 nitrogen and oxygen atoms in total. The maximum atomic E-state index is 11.7. The van der Waals surface area contributed by atoms with Crippen molar-refractivity contribution in [1.29, 1.82) is 0 Å². The number of hydrogen-bond acceptors (Lipinski definition) is 3. The Morgan fingerprint density at radius 2 is 1.94 bits per heavy atom. The van der Waals surface area contributed by atoms with Crippen molar-refractivity contribution >= 4 is 11.8 Å². The average Bonchev–Trinajstić information content (AvgIpc) is 2.27. The minimum atomic E-state index is -0.342. The molecule has 0 aromatic heterocycles. The fourth-order valence-electron chi connectivity index (χ4n) is 2.33. The van der Waals surface area contributed by atoms with Crippen LogP contribution in [0.1, 0.15) is 32.6 Å². The molecule has 2 amide bonds. The molecule has 1 aliphatic rings. The SMILES string of the molecule is C[C@H](CC(N)=O)CC(=O)NCC1CCN(C)CC1.